The molecule has 0 heterocycles. The zero-order valence-electron chi connectivity index (χ0n) is 9.44. The van der Waals surface area contributed by atoms with Gasteiger partial charge in [0.05, 0.1) is 11.4 Å². The second-order valence-electron chi connectivity index (χ2n) is 3.99. The van der Waals surface area contributed by atoms with E-state index in [4.69, 9.17) is 0 Å². The summed E-state index contributed by atoms with van der Waals surface area (Å²) in [6.07, 6.45) is -0.0635. The maximum absolute atomic E-state index is 13.0. The molecule has 0 aromatic heterocycles. The molecule has 0 aliphatic heterocycles. The Balaban J connectivity index is 3.06. The molecule has 2 unspecified atom stereocenters. The van der Waals surface area contributed by atoms with Crippen LogP contribution in [0.4, 0.5) is 4.39 Å². The Labute approximate surface area is 94.8 Å². The Bertz CT molecular complexity index is 482. The lowest BCUT2D eigenvalue weighted by Crippen LogP contribution is -2.24. The fraction of sp³-hybridized carbons (Fsp3) is 0.455. The fourth-order valence-electron chi connectivity index (χ4n) is 1.36. The summed E-state index contributed by atoms with van der Waals surface area (Å²) >= 11 is 0. The third kappa shape index (κ3) is 2.80. The molecule has 90 valence electrons. The minimum atomic E-state index is -3.32. The van der Waals surface area contributed by atoms with Crippen LogP contribution in [0.25, 0.3) is 0 Å². The van der Waals surface area contributed by atoms with E-state index in [0.29, 0.717) is 11.1 Å². The minimum Gasteiger partial charge on any atom is -0.387 e. The van der Waals surface area contributed by atoms with Crippen molar-refractivity contribution in [2.24, 2.45) is 0 Å². The summed E-state index contributed by atoms with van der Waals surface area (Å²) in [6.45, 7) is 3.00. The van der Waals surface area contributed by atoms with E-state index in [1.807, 2.05) is 0 Å². The molecule has 0 saturated carbocycles. The van der Waals surface area contributed by atoms with Crippen molar-refractivity contribution in [2.45, 2.75) is 25.2 Å². The van der Waals surface area contributed by atoms with Gasteiger partial charge in [-0.05, 0) is 31.0 Å². The van der Waals surface area contributed by atoms with Crippen molar-refractivity contribution >= 4 is 9.84 Å². The molecule has 0 bridgehead atoms. The summed E-state index contributed by atoms with van der Waals surface area (Å²) in [6, 6.07) is 4.08. The summed E-state index contributed by atoms with van der Waals surface area (Å²) < 4.78 is 35.5. The molecule has 0 spiro atoms. The van der Waals surface area contributed by atoms with Gasteiger partial charge in [-0.25, -0.2) is 12.8 Å². The molecule has 16 heavy (non-hydrogen) atoms. The summed E-state index contributed by atoms with van der Waals surface area (Å²) in [4.78, 5) is 0. The van der Waals surface area contributed by atoms with Crippen LogP contribution in [0.5, 0.6) is 0 Å². The molecule has 0 radical (unpaired) electrons. The Morgan fingerprint density at radius 1 is 1.38 bits per heavy atom. The number of rotatable bonds is 3. The summed E-state index contributed by atoms with van der Waals surface area (Å²) in [5.74, 6) is -0.372. The largest absolute Gasteiger partial charge is 0.387 e. The van der Waals surface area contributed by atoms with Gasteiger partial charge in [0.15, 0.2) is 9.84 Å². The molecule has 1 N–H and O–H groups in total. The number of hydrogen-bond donors (Lipinski definition) is 1. The highest BCUT2D eigenvalue weighted by molar-refractivity contribution is 7.91. The number of aryl methyl sites for hydroxylation is 1. The third-order valence-corrected chi connectivity index (χ3v) is 4.25. The molecule has 1 rings (SSSR count). The molecule has 5 heteroatoms. The summed E-state index contributed by atoms with van der Waals surface area (Å²) in [5.41, 5.74) is 0.800. The van der Waals surface area contributed by atoms with Gasteiger partial charge in [0, 0.05) is 6.26 Å². The number of benzene rings is 1. The van der Waals surface area contributed by atoms with Gasteiger partial charge in [0.2, 0.25) is 0 Å². The Hall–Kier alpha value is -0.940. The molecule has 0 fully saturated rings. The first-order valence-electron chi connectivity index (χ1n) is 4.86. The topological polar surface area (TPSA) is 54.4 Å². The standard InChI is InChI=1S/C11H15FO3S/c1-7-6-9(4-5-10(7)12)11(13)8(2)16(3,14)15/h4-6,8,11,13H,1-3H3. The van der Waals surface area contributed by atoms with Crippen LogP contribution in [0.2, 0.25) is 0 Å². The number of aliphatic hydroxyl groups is 1. The van der Waals surface area contributed by atoms with Crippen LogP contribution in [0, 0.1) is 12.7 Å². The van der Waals surface area contributed by atoms with Crippen molar-refractivity contribution in [3.63, 3.8) is 0 Å². The lowest BCUT2D eigenvalue weighted by atomic mass is 10.0. The predicted molar refractivity (Wildman–Crippen MR) is 60.4 cm³/mol. The van der Waals surface area contributed by atoms with Gasteiger partial charge in [0.1, 0.15) is 5.82 Å². The van der Waals surface area contributed by atoms with Crippen LogP contribution in [-0.4, -0.2) is 25.0 Å². The van der Waals surface area contributed by atoms with Gasteiger partial charge in [-0.1, -0.05) is 12.1 Å². The molecular formula is C11H15FO3S. The monoisotopic (exact) mass is 246 g/mol. The van der Waals surface area contributed by atoms with Gasteiger partial charge in [-0.3, -0.25) is 0 Å². The molecule has 0 amide bonds. The fourth-order valence-corrected chi connectivity index (χ4v) is 1.98. The molecule has 0 saturated heterocycles. The Kier molecular flexibility index (Phi) is 3.70. The van der Waals surface area contributed by atoms with E-state index in [0.717, 1.165) is 6.26 Å². The van der Waals surface area contributed by atoms with Crippen molar-refractivity contribution in [2.75, 3.05) is 6.26 Å². The van der Waals surface area contributed by atoms with Crippen LogP contribution in [0.1, 0.15) is 24.2 Å². The van der Waals surface area contributed by atoms with Gasteiger partial charge < -0.3 is 5.11 Å². The zero-order valence-corrected chi connectivity index (χ0v) is 10.3. The van der Waals surface area contributed by atoms with Gasteiger partial charge >= 0.3 is 0 Å². The van der Waals surface area contributed by atoms with Crippen molar-refractivity contribution in [3.05, 3.63) is 35.1 Å². The third-order valence-electron chi connectivity index (χ3n) is 2.64. The highest BCUT2D eigenvalue weighted by atomic mass is 32.2. The van der Waals surface area contributed by atoms with E-state index >= 15 is 0 Å². The van der Waals surface area contributed by atoms with Crippen LogP contribution in [0.15, 0.2) is 18.2 Å². The minimum absolute atomic E-state index is 0.372. The van der Waals surface area contributed by atoms with E-state index < -0.39 is 21.2 Å². The highest BCUT2D eigenvalue weighted by Crippen LogP contribution is 2.23. The van der Waals surface area contributed by atoms with E-state index in [9.17, 15) is 17.9 Å². The maximum atomic E-state index is 13.0. The summed E-state index contributed by atoms with van der Waals surface area (Å²) in [7, 11) is -3.32. The second-order valence-corrected chi connectivity index (χ2v) is 6.39. The Morgan fingerprint density at radius 2 is 1.94 bits per heavy atom. The highest BCUT2D eigenvalue weighted by Gasteiger charge is 2.25. The maximum Gasteiger partial charge on any atom is 0.152 e. The van der Waals surface area contributed by atoms with Crippen molar-refractivity contribution in [1.29, 1.82) is 0 Å². The summed E-state index contributed by atoms with van der Waals surface area (Å²) in [5, 5.41) is 8.93. The van der Waals surface area contributed by atoms with Crippen LogP contribution >= 0.6 is 0 Å². The van der Waals surface area contributed by atoms with E-state index in [-0.39, 0.29) is 5.82 Å². The van der Waals surface area contributed by atoms with Crippen LogP contribution in [-0.2, 0) is 9.84 Å². The molecule has 0 aliphatic rings. The van der Waals surface area contributed by atoms with Gasteiger partial charge in [-0.15, -0.1) is 0 Å². The normalized spacial score (nSPS) is 15.8. The van der Waals surface area contributed by atoms with Gasteiger partial charge in [-0.2, -0.15) is 0 Å². The number of sulfone groups is 1. The lowest BCUT2D eigenvalue weighted by Gasteiger charge is -2.18. The van der Waals surface area contributed by atoms with E-state index in [1.165, 1.54) is 25.1 Å². The average Bonchev–Trinajstić information content (AvgIpc) is 2.18. The number of halogens is 1. The molecule has 2 atom stereocenters. The zero-order chi connectivity index (χ0) is 12.5. The molecular weight excluding hydrogens is 231 g/mol. The van der Waals surface area contributed by atoms with E-state index in [2.05, 4.69) is 0 Å². The lowest BCUT2D eigenvalue weighted by molar-refractivity contribution is 0.176. The number of hydrogen-bond acceptors (Lipinski definition) is 3. The molecule has 1 aromatic carbocycles. The first kappa shape index (κ1) is 13.1. The average molecular weight is 246 g/mol. The van der Waals surface area contributed by atoms with Crippen LogP contribution in [0.3, 0.4) is 0 Å². The Morgan fingerprint density at radius 3 is 2.38 bits per heavy atom. The quantitative estimate of drug-likeness (QED) is 0.881. The number of aliphatic hydroxyl groups excluding tert-OH is 1. The van der Waals surface area contributed by atoms with Crippen molar-refractivity contribution in [3.8, 4) is 0 Å². The predicted octanol–water partition coefficient (Wildman–Crippen LogP) is 1.60. The SMILES string of the molecule is Cc1cc(C(O)C(C)S(C)(=O)=O)ccc1F. The second kappa shape index (κ2) is 4.51. The van der Waals surface area contributed by atoms with Crippen molar-refractivity contribution < 1.29 is 17.9 Å². The van der Waals surface area contributed by atoms with Crippen molar-refractivity contribution in [1.82, 2.24) is 0 Å². The first-order chi connectivity index (χ1) is 7.23. The van der Waals surface area contributed by atoms with E-state index in [1.54, 1.807) is 6.92 Å². The first-order valence-corrected chi connectivity index (χ1v) is 6.82. The smallest absolute Gasteiger partial charge is 0.152 e. The molecule has 0 aliphatic carbocycles. The molecule has 3 nitrogen and oxygen atoms in total. The van der Waals surface area contributed by atoms with Gasteiger partial charge in [0.25, 0.3) is 0 Å². The molecule has 1 aromatic rings. The van der Waals surface area contributed by atoms with Crippen LogP contribution < -0.4 is 0 Å².